The molecule has 2 rings (SSSR count). The number of hydrogen-bond donors (Lipinski definition) is 1. The van der Waals surface area contributed by atoms with E-state index in [2.05, 4.69) is 24.3 Å². The van der Waals surface area contributed by atoms with Crippen molar-refractivity contribution in [3.63, 3.8) is 0 Å². The lowest BCUT2D eigenvalue weighted by atomic mass is 9.96. The molecule has 1 aliphatic rings. The summed E-state index contributed by atoms with van der Waals surface area (Å²) in [7, 11) is 4.10. The monoisotopic (exact) mass is 317 g/mol. The largest absolute Gasteiger partial charge is 0.351 e. The predicted octanol–water partition coefficient (Wildman–Crippen LogP) is 2.60. The van der Waals surface area contributed by atoms with Gasteiger partial charge in [-0.2, -0.15) is 0 Å². The predicted molar refractivity (Wildman–Crippen MR) is 90.0 cm³/mol. The summed E-state index contributed by atoms with van der Waals surface area (Å²) in [6.07, 6.45) is 7.59. The molecule has 1 fully saturated rings. The number of rotatable bonds is 6. The zero-order valence-corrected chi connectivity index (χ0v) is 13.6. The molecule has 0 radical (unpaired) electrons. The minimum Gasteiger partial charge on any atom is -0.351 e. The van der Waals surface area contributed by atoms with Crippen molar-refractivity contribution < 1.29 is 9.72 Å². The fourth-order valence-electron chi connectivity index (χ4n) is 3.04. The summed E-state index contributed by atoms with van der Waals surface area (Å²) in [5, 5.41) is 13.7. The van der Waals surface area contributed by atoms with Crippen LogP contribution in [0.5, 0.6) is 0 Å². The molecule has 6 nitrogen and oxygen atoms in total. The minimum atomic E-state index is -0.446. The summed E-state index contributed by atoms with van der Waals surface area (Å²) >= 11 is 0. The van der Waals surface area contributed by atoms with Crippen LogP contribution in [-0.4, -0.2) is 41.9 Å². The third-order valence-corrected chi connectivity index (χ3v) is 4.58. The highest BCUT2D eigenvalue weighted by Gasteiger charge is 2.35. The van der Waals surface area contributed by atoms with Crippen molar-refractivity contribution in [3.8, 4) is 0 Å². The summed E-state index contributed by atoms with van der Waals surface area (Å²) in [4.78, 5) is 24.5. The zero-order chi connectivity index (χ0) is 16.9. The molecular weight excluding hydrogens is 294 g/mol. The van der Waals surface area contributed by atoms with Crippen LogP contribution in [0.4, 0.5) is 5.69 Å². The molecule has 23 heavy (non-hydrogen) atoms. The number of amides is 1. The minimum absolute atomic E-state index is 0.0186. The molecule has 1 amide bonds. The summed E-state index contributed by atoms with van der Waals surface area (Å²) in [6.45, 7) is 0.623. The molecule has 0 heterocycles. The SMILES string of the molecule is CN(C)C1(CNC(=O)C=Cc2cccc([N+](=O)[O-])c2)CCCC1. The van der Waals surface area contributed by atoms with Crippen molar-refractivity contribution in [1.82, 2.24) is 10.2 Å². The topological polar surface area (TPSA) is 75.5 Å². The van der Waals surface area contributed by atoms with Crippen molar-refractivity contribution in [2.45, 2.75) is 31.2 Å². The molecule has 0 spiro atoms. The number of hydrogen-bond acceptors (Lipinski definition) is 4. The van der Waals surface area contributed by atoms with Crippen LogP contribution < -0.4 is 5.32 Å². The lowest BCUT2D eigenvalue weighted by Gasteiger charge is -2.36. The van der Waals surface area contributed by atoms with Crippen molar-refractivity contribution in [1.29, 1.82) is 0 Å². The highest BCUT2D eigenvalue weighted by Crippen LogP contribution is 2.33. The Morgan fingerprint density at radius 2 is 2.09 bits per heavy atom. The van der Waals surface area contributed by atoms with E-state index >= 15 is 0 Å². The fraction of sp³-hybridized carbons (Fsp3) is 0.471. The van der Waals surface area contributed by atoms with Crippen molar-refractivity contribution in [3.05, 3.63) is 46.0 Å². The third-order valence-electron chi connectivity index (χ3n) is 4.58. The number of benzene rings is 1. The van der Waals surface area contributed by atoms with E-state index in [1.807, 2.05) is 0 Å². The number of carbonyl (C=O) groups excluding carboxylic acids is 1. The Balaban J connectivity index is 1.94. The van der Waals surface area contributed by atoms with Crippen LogP contribution in [0.1, 0.15) is 31.2 Å². The van der Waals surface area contributed by atoms with E-state index in [9.17, 15) is 14.9 Å². The number of likely N-dealkylation sites (N-methyl/N-ethyl adjacent to an activating group) is 1. The third kappa shape index (κ3) is 4.39. The Morgan fingerprint density at radius 3 is 2.70 bits per heavy atom. The van der Waals surface area contributed by atoms with Crippen LogP contribution in [0.2, 0.25) is 0 Å². The normalized spacial score (nSPS) is 16.8. The zero-order valence-electron chi connectivity index (χ0n) is 13.6. The molecule has 0 aromatic heterocycles. The second kappa shape index (κ2) is 7.37. The Hall–Kier alpha value is -2.21. The lowest BCUT2D eigenvalue weighted by molar-refractivity contribution is -0.384. The van der Waals surface area contributed by atoms with Crippen molar-refractivity contribution in [2.75, 3.05) is 20.6 Å². The van der Waals surface area contributed by atoms with Gasteiger partial charge in [0.25, 0.3) is 5.69 Å². The van der Waals surface area contributed by atoms with Gasteiger partial charge in [0, 0.05) is 30.3 Å². The molecule has 0 aliphatic heterocycles. The maximum atomic E-state index is 12.0. The molecule has 0 atom stereocenters. The Labute approximate surface area is 136 Å². The lowest BCUT2D eigenvalue weighted by Crippen LogP contribution is -2.50. The second-order valence-electron chi connectivity index (χ2n) is 6.23. The molecule has 1 aliphatic carbocycles. The Kier molecular flexibility index (Phi) is 5.50. The van der Waals surface area contributed by atoms with Crippen LogP contribution >= 0.6 is 0 Å². The van der Waals surface area contributed by atoms with Gasteiger partial charge in [0.1, 0.15) is 0 Å². The highest BCUT2D eigenvalue weighted by atomic mass is 16.6. The van der Waals surface area contributed by atoms with Crippen LogP contribution in [0, 0.1) is 10.1 Å². The van der Waals surface area contributed by atoms with Crippen LogP contribution in [-0.2, 0) is 4.79 Å². The number of nitro benzene ring substituents is 1. The first-order chi connectivity index (χ1) is 10.9. The van der Waals surface area contributed by atoms with E-state index in [-0.39, 0.29) is 17.1 Å². The molecular formula is C17H23N3O3. The summed E-state index contributed by atoms with van der Waals surface area (Å²) < 4.78 is 0. The fourth-order valence-corrected chi connectivity index (χ4v) is 3.04. The molecule has 1 N–H and O–H groups in total. The average molecular weight is 317 g/mol. The highest BCUT2D eigenvalue weighted by molar-refractivity contribution is 5.91. The van der Waals surface area contributed by atoms with Crippen LogP contribution in [0.15, 0.2) is 30.3 Å². The first-order valence-electron chi connectivity index (χ1n) is 7.81. The van der Waals surface area contributed by atoms with Crippen LogP contribution in [0.25, 0.3) is 6.08 Å². The molecule has 124 valence electrons. The van der Waals surface area contributed by atoms with Gasteiger partial charge in [0.05, 0.1) is 4.92 Å². The molecule has 1 aromatic carbocycles. The van der Waals surface area contributed by atoms with Crippen LogP contribution in [0.3, 0.4) is 0 Å². The first kappa shape index (κ1) is 17.1. The molecule has 0 bridgehead atoms. The van der Waals surface area contributed by atoms with Gasteiger partial charge in [-0.05, 0) is 38.6 Å². The van der Waals surface area contributed by atoms with Gasteiger partial charge in [0.15, 0.2) is 0 Å². The average Bonchev–Trinajstić information content (AvgIpc) is 3.01. The second-order valence-corrected chi connectivity index (χ2v) is 6.23. The van der Waals surface area contributed by atoms with Gasteiger partial charge in [-0.1, -0.05) is 25.0 Å². The molecule has 0 unspecified atom stereocenters. The van der Waals surface area contributed by atoms with E-state index < -0.39 is 4.92 Å². The van der Waals surface area contributed by atoms with Gasteiger partial charge < -0.3 is 10.2 Å². The maximum Gasteiger partial charge on any atom is 0.270 e. The van der Waals surface area contributed by atoms with E-state index in [0.717, 1.165) is 12.8 Å². The van der Waals surface area contributed by atoms with E-state index in [1.54, 1.807) is 18.2 Å². The van der Waals surface area contributed by atoms with Gasteiger partial charge in [-0.3, -0.25) is 14.9 Å². The Bertz CT molecular complexity index is 605. The maximum absolute atomic E-state index is 12.0. The van der Waals surface area contributed by atoms with Gasteiger partial charge in [0.2, 0.25) is 5.91 Å². The summed E-state index contributed by atoms with van der Waals surface area (Å²) in [5.74, 6) is -0.176. The number of non-ortho nitro benzene ring substituents is 1. The number of nitro groups is 1. The molecule has 6 heteroatoms. The number of nitrogens with one attached hydrogen (secondary N) is 1. The Morgan fingerprint density at radius 1 is 1.39 bits per heavy atom. The van der Waals surface area contributed by atoms with Crippen molar-refractivity contribution >= 4 is 17.7 Å². The smallest absolute Gasteiger partial charge is 0.270 e. The van der Waals surface area contributed by atoms with Crippen molar-refractivity contribution in [2.24, 2.45) is 0 Å². The molecule has 1 saturated carbocycles. The number of carbonyl (C=O) groups is 1. The van der Waals surface area contributed by atoms with E-state index in [1.165, 1.54) is 31.1 Å². The summed E-state index contributed by atoms with van der Waals surface area (Å²) in [6, 6.07) is 6.21. The molecule has 1 aromatic rings. The number of nitrogens with zero attached hydrogens (tertiary/aromatic N) is 2. The first-order valence-corrected chi connectivity index (χ1v) is 7.81. The van der Waals surface area contributed by atoms with Gasteiger partial charge in [-0.25, -0.2) is 0 Å². The van der Waals surface area contributed by atoms with Gasteiger partial charge >= 0.3 is 0 Å². The standard InChI is InChI=1S/C17H23N3O3/c1-19(2)17(10-3-4-11-17)13-18-16(21)9-8-14-6-5-7-15(12-14)20(22)23/h5-9,12H,3-4,10-11,13H2,1-2H3,(H,18,21). The molecule has 0 saturated heterocycles. The van der Waals surface area contributed by atoms with Gasteiger partial charge in [-0.15, -0.1) is 0 Å². The summed E-state index contributed by atoms with van der Waals surface area (Å²) in [5.41, 5.74) is 0.706. The quantitative estimate of drug-likeness (QED) is 0.497. The van der Waals surface area contributed by atoms with E-state index in [4.69, 9.17) is 0 Å². The van der Waals surface area contributed by atoms with E-state index in [0.29, 0.717) is 12.1 Å².